The monoisotopic (exact) mass is 311 g/mol. The lowest BCUT2D eigenvalue weighted by Gasteiger charge is -2.36. The fraction of sp³-hybridized carbons (Fsp3) is 0.562. The Kier molecular flexibility index (Phi) is 5.48. The van der Waals surface area contributed by atoms with Crippen molar-refractivity contribution in [3.8, 4) is 5.75 Å². The third kappa shape index (κ3) is 4.11. The van der Waals surface area contributed by atoms with Gasteiger partial charge >= 0.3 is 0 Å². The van der Waals surface area contributed by atoms with Gasteiger partial charge in [0.2, 0.25) is 0 Å². The van der Waals surface area contributed by atoms with Gasteiger partial charge in [-0.1, -0.05) is 30.5 Å². The van der Waals surface area contributed by atoms with Crippen molar-refractivity contribution >= 4 is 17.5 Å². The molecule has 0 saturated heterocycles. The van der Waals surface area contributed by atoms with Crippen LogP contribution in [0.2, 0.25) is 5.02 Å². The quantitative estimate of drug-likeness (QED) is 0.930. The Bertz CT molecular complexity index is 494. The van der Waals surface area contributed by atoms with E-state index < -0.39 is 12.2 Å². The Morgan fingerprint density at radius 1 is 1.43 bits per heavy atom. The summed E-state index contributed by atoms with van der Waals surface area (Å²) in [5.74, 6) is 0.446. The minimum atomic E-state index is -0.609. The van der Waals surface area contributed by atoms with Crippen LogP contribution in [-0.4, -0.2) is 41.2 Å². The van der Waals surface area contributed by atoms with E-state index in [0.717, 1.165) is 25.7 Å². The standard InChI is InChI=1S/C16H22ClNO3/c1-11(21-13-7-5-6-12(17)10-13)16(20)18(2)14-8-3-4-9-15(14)19/h5-7,10-11,14-15,19H,3-4,8-9H2,1-2H3/t11-,14-,15-/m1/s1. The van der Waals surface area contributed by atoms with Gasteiger partial charge < -0.3 is 14.7 Å². The molecular weight excluding hydrogens is 290 g/mol. The number of rotatable bonds is 4. The topological polar surface area (TPSA) is 49.8 Å². The summed E-state index contributed by atoms with van der Waals surface area (Å²) in [7, 11) is 1.74. The molecule has 21 heavy (non-hydrogen) atoms. The van der Waals surface area contributed by atoms with E-state index in [-0.39, 0.29) is 11.9 Å². The SMILES string of the molecule is C[C@@H](Oc1cccc(Cl)c1)C(=O)N(C)[C@@H]1CCCC[C@H]1O. The van der Waals surface area contributed by atoms with Crippen molar-refractivity contribution < 1.29 is 14.6 Å². The molecule has 0 aromatic heterocycles. The highest BCUT2D eigenvalue weighted by Crippen LogP contribution is 2.24. The molecule has 0 heterocycles. The van der Waals surface area contributed by atoms with E-state index in [9.17, 15) is 9.90 Å². The zero-order valence-electron chi connectivity index (χ0n) is 12.5. The molecule has 1 aromatic carbocycles. The van der Waals surface area contributed by atoms with Crippen LogP contribution >= 0.6 is 11.6 Å². The molecule has 0 aliphatic heterocycles. The fourth-order valence-corrected chi connectivity index (χ4v) is 2.97. The third-order valence-corrected chi connectivity index (χ3v) is 4.23. The van der Waals surface area contributed by atoms with Crippen molar-refractivity contribution in [3.05, 3.63) is 29.3 Å². The van der Waals surface area contributed by atoms with Crippen molar-refractivity contribution in [1.29, 1.82) is 0 Å². The molecule has 1 saturated carbocycles. The molecule has 1 amide bonds. The molecule has 4 nitrogen and oxygen atoms in total. The Hall–Kier alpha value is -1.26. The first kappa shape index (κ1) is 16.1. The lowest BCUT2D eigenvalue weighted by Crippen LogP contribution is -2.50. The van der Waals surface area contributed by atoms with E-state index in [0.29, 0.717) is 10.8 Å². The van der Waals surface area contributed by atoms with E-state index >= 15 is 0 Å². The van der Waals surface area contributed by atoms with Crippen molar-refractivity contribution in [2.75, 3.05) is 7.05 Å². The predicted molar refractivity (Wildman–Crippen MR) is 82.6 cm³/mol. The second-order valence-corrected chi connectivity index (χ2v) is 6.02. The summed E-state index contributed by atoms with van der Waals surface area (Å²) in [4.78, 5) is 14.1. The summed E-state index contributed by atoms with van der Waals surface area (Å²) >= 11 is 5.90. The summed E-state index contributed by atoms with van der Waals surface area (Å²) in [6, 6.07) is 6.87. The predicted octanol–water partition coefficient (Wildman–Crippen LogP) is 2.87. The van der Waals surface area contributed by atoms with Gasteiger partial charge in [0.15, 0.2) is 6.10 Å². The molecule has 2 rings (SSSR count). The maximum Gasteiger partial charge on any atom is 0.263 e. The number of hydrogen-bond donors (Lipinski definition) is 1. The van der Waals surface area contributed by atoms with Crippen LogP contribution in [0.1, 0.15) is 32.6 Å². The van der Waals surface area contributed by atoms with E-state index in [4.69, 9.17) is 16.3 Å². The molecule has 1 fully saturated rings. The van der Waals surface area contributed by atoms with Crippen LogP contribution in [0.25, 0.3) is 0 Å². The van der Waals surface area contributed by atoms with Gasteiger partial charge in [-0.3, -0.25) is 4.79 Å². The molecule has 1 aliphatic carbocycles. The fourth-order valence-electron chi connectivity index (χ4n) is 2.79. The van der Waals surface area contributed by atoms with Gasteiger partial charge in [-0.05, 0) is 38.0 Å². The first-order chi connectivity index (χ1) is 9.99. The van der Waals surface area contributed by atoms with Crippen LogP contribution in [0.5, 0.6) is 5.75 Å². The number of carbonyl (C=O) groups excluding carboxylic acids is 1. The summed E-state index contributed by atoms with van der Waals surface area (Å²) < 4.78 is 5.65. The first-order valence-electron chi connectivity index (χ1n) is 7.36. The molecular formula is C16H22ClNO3. The number of hydrogen-bond acceptors (Lipinski definition) is 3. The van der Waals surface area contributed by atoms with Crippen molar-refractivity contribution in [2.24, 2.45) is 0 Å². The van der Waals surface area contributed by atoms with Gasteiger partial charge in [0.05, 0.1) is 12.1 Å². The summed E-state index contributed by atoms with van der Waals surface area (Å²) in [5, 5.41) is 10.6. The summed E-state index contributed by atoms with van der Waals surface area (Å²) in [6.07, 6.45) is 2.62. The highest BCUT2D eigenvalue weighted by atomic mass is 35.5. The Morgan fingerprint density at radius 3 is 2.81 bits per heavy atom. The van der Waals surface area contributed by atoms with Crippen molar-refractivity contribution in [3.63, 3.8) is 0 Å². The second kappa shape index (κ2) is 7.14. The molecule has 1 N–H and O–H groups in total. The molecule has 3 atom stereocenters. The highest BCUT2D eigenvalue weighted by Gasteiger charge is 2.31. The normalized spacial score (nSPS) is 23.4. The lowest BCUT2D eigenvalue weighted by atomic mass is 9.91. The number of likely N-dealkylation sites (N-methyl/N-ethyl adjacent to an activating group) is 1. The molecule has 0 spiro atoms. The van der Waals surface area contributed by atoms with Crippen LogP contribution in [-0.2, 0) is 4.79 Å². The number of aliphatic hydroxyl groups is 1. The Balaban J connectivity index is 1.98. The van der Waals surface area contributed by atoms with E-state index in [2.05, 4.69) is 0 Å². The van der Waals surface area contributed by atoms with Crippen LogP contribution < -0.4 is 4.74 Å². The maximum absolute atomic E-state index is 12.4. The van der Waals surface area contributed by atoms with Crippen LogP contribution in [0.3, 0.4) is 0 Å². The highest BCUT2D eigenvalue weighted by molar-refractivity contribution is 6.30. The zero-order valence-corrected chi connectivity index (χ0v) is 13.2. The van der Waals surface area contributed by atoms with Gasteiger partial charge in [0, 0.05) is 12.1 Å². The number of carbonyl (C=O) groups is 1. The third-order valence-electron chi connectivity index (χ3n) is 4.00. The number of benzene rings is 1. The van der Waals surface area contributed by atoms with Gasteiger partial charge in [-0.2, -0.15) is 0 Å². The molecule has 1 aliphatic rings. The summed E-state index contributed by atoms with van der Waals surface area (Å²) in [6.45, 7) is 1.72. The molecule has 0 bridgehead atoms. The molecule has 0 radical (unpaired) electrons. The summed E-state index contributed by atoms with van der Waals surface area (Å²) in [5.41, 5.74) is 0. The van der Waals surface area contributed by atoms with Crippen molar-refractivity contribution in [1.82, 2.24) is 4.90 Å². The number of amides is 1. The van der Waals surface area contributed by atoms with E-state index in [1.807, 2.05) is 0 Å². The molecule has 1 aromatic rings. The lowest BCUT2D eigenvalue weighted by molar-refractivity contribution is -0.142. The number of nitrogens with zero attached hydrogens (tertiary/aromatic N) is 1. The number of halogens is 1. The van der Waals surface area contributed by atoms with Gasteiger partial charge in [-0.15, -0.1) is 0 Å². The maximum atomic E-state index is 12.4. The minimum absolute atomic E-state index is 0.114. The van der Waals surface area contributed by atoms with Crippen molar-refractivity contribution in [2.45, 2.75) is 50.9 Å². The Morgan fingerprint density at radius 2 is 2.14 bits per heavy atom. The minimum Gasteiger partial charge on any atom is -0.481 e. The second-order valence-electron chi connectivity index (χ2n) is 5.59. The van der Waals surface area contributed by atoms with E-state index in [1.165, 1.54) is 0 Å². The molecule has 116 valence electrons. The Labute approximate surface area is 130 Å². The van der Waals surface area contributed by atoms with Crippen LogP contribution in [0, 0.1) is 0 Å². The number of ether oxygens (including phenoxy) is 1. The average Bonchev–Trinajstić information content (AvgIpc) is 2.46. The molecule has 0 unspecified atom stereocenters. The van der Waals surface area contributed by atoms with Gasteiger partial charge in [0.25, 0.3) is 5.91 Å². The zero-order chi connectivity index (χ0) is 15.4. The van der Waals surface area contributed by atoms with Gasteiger partial charge in [-0.25, -0.2) is 0 Å². The average molecular weight is 312 g/mol. The smallest absolute Gasteiger partial charge is 0.263 e. The largest absolute Gasteiger partial charge is 0.481 e. The first-order valence-corrected chi connectivity index (χ1v) is 7.74. The number of aliphatic hydroxyl groups excluding tert-OH is 1. The van der Waals surface area contributed by atoms with Gasteiger partial charge in [0.1, 0.15) is 5.75 Å². The van der Waals surface area contributed by atoms with Crippen LogP contribution in [0.15, 0.2) is 24.3 Å². The van der Waals surface area contributed by atoms with E-state index in [1.54, 1.807) is 43.1 Å². The molecule has 5 heteroatoms. The van der Waals surface area contributed by atoms with Crippen LogP contribution in [0.4, 0.5) is 0 Å².